The number of nitrogens with zero attached hydrogens (tertiary/aromatic N) is 4. The van der Waals surface area contributed by atoms with E-state index in [1.807, 2.05) is 6.07 Å². The number of fused-ring (bicyclic) bond motifs is 1. The molecule has 1 saturated heterocycles. The molecular weight excluding hydrogens is 424 g/mol. The minimum absolute atomic E-state index is 0.104. The molecule has 10 heteroatoms. The molecule has 166 valence electrons. The zero-order valence-electron chi connectivity index (χ0n) is 17.7. The predicted molar refractivity (Wildman–Crippen MR) is 122 cm³/mol. The molecule has 2 N–H and O–H groups in total. The highest BCUT2D eigenvalue weighted by Gasteiger charge is 2.35. The second-order valence-corrected chi connectivity index (χ2v) is 7.64. The van der Waals surface area contributed by atoms with E-state index in [1.165, 1.54) is 17.2 Å². The van der Waals surface area contributed by atoms with E-state index in [2.05, 4.69) is 20.4 Å². The highest BCUT2D eigenvalue weighted by atomic mass is 16.5. The molecule has 0 aliphatic carbocycles. The molecule has 1 fully saturated rings. The molecule has 2 aromatic carbocycles. The minimum atomic E-state index is -0.521. The molecule has 0 bridgehead atoms. The quantitative estimate of drug-likeness (QED) is 0.486. The number of nitrogens with one attached hydrogen (secondary N) is 2. The molecule has 0 spiro atoms. The first-order valence-electron chi connectivity index (χ1n) is 10.3. The molecule has 10 nitrogen and oxygen atoms in total. The fourth-order valence-corrected chi connectivity index (χ4v) is 3.94. The number of hydrogen-bond acceptors (Lipinski definition) is 6. The summed E-state index contributed by atoms with van der Waals surface area (Å²) in [6.07, 6.45) is 2.84. The molecule has 1 atom stereocenters. The van der Waals surface area contributed by atoms with E-state index in [-0.39, 0.29) is 30.3 Å². The van der Waals surface area contributed by atoms with Gasteiger partial charge in [0.25, 0.3) is 5.56 Å². The fourth-order valence-electron chi connectivity index (χ4n) is 3.94. The van der Waals surface area contributed by atoms with Gasteiger partial charge in [-0.3, -0.25) is 14.4 Å². The molecule has 1 aliphatic rings. The molecular formula is C23H20N6O4. The zero-order valence-corrected chi connectivity index (χ0v) is 17.7. The summed E-state index contributed by atoms with van der Waals surface area (Å²) < 4.78 is 6.74. The largest absolute Gasteiger partial charge is 0.497 e. The summed E-state index contributed by atoms with van der Waals surface area (Å²) in [6.45, 7) is 0.266. The standard InChI is InChI=1S/C23H20N6O4/c1-33-16-6-4-5-15(10-16)28-12-14(9-20(28)30)22(31)27-18-7-2-3-8-19(18)29-21-17(11-26-29)23(32)25-13-24-21/h2-8,10-11,13-14H,9,12H2,1H3,(H,27,31)(H,24,25,32). The van der Waals surface area contributed by atoms with E-state index < -0.39 is 5.92 Å². The Morgan fingerprint density at radius 3 is 2.88 bits per heavy atom. The van der Waals surface area contributed by atoms with Crippen molar-refractivity contribution in [2.45, 2.75) is 6.42 Å². The number of aromatic amines is 1. The monoisotopic (exact) mass is 444 g/mol. The Labute approximate surface area is 187 Å². The number of para-hydroxylation sites is 2. The maximum atomic E-state index is 13.1. The lowest BCUT2D eigenvalue weighted by atomic mass is 10.1. The van der Waals surface area contributed by atoms with Crippen molar-refractivity contribution in [3.63, 3.8) is 0 Å². The third-order valence-electron chi connectivity index (χ3n) is 5.62. The first-order chi connectivity index (χ1) is 16.0. The number of benzene rings is 2. The summed E-state index contributed by atoms with van der Waals surface area (Å²) in [5.74, 6) is -0.283. The van der Waals surface area contributed by atoms with Gasteiger partial charge in [-0.2, -0.15) is 5.10 Å². The van der Waals surface area contributed by atoms with Crippen LogP contribution in [-0.2, 0) is 9.59 Å². The summed E-state index contributed by atoms with van der Waals surface area (Å²) in [5, 5.41) is 7.54. The molecule has 5 rings (SSSR count). The normalized spacial score (nSPS) is 15.7. The van der Waals surface area contributed by atoms with Crippen LogP contribution in [0, 0.1) is 5.92 Å². The van der Waals surface area contributed by atoms with Gasteiger partial charge in [0.05, 0.1) is 36.9 Å². The van der Waals surface area contributed by atoms with Crippen LogP contribution in [-0.4, -0.2) is 45.2 Å². The number of ether oxygens (including phenoxy) is 1. The van der Waals surface area contributed by atoms with Gasteiger partial charge in [0.15, 0.2) is 5.65 Å². The third-order valence-corrected chi connectivity index (χ3v) is 5.62. The fraction of sp³-hybridized carbons (Fsp3) is 0.174. The van der Waals surface area contributed by atoms with Gasteiger partial charge in [-0.1, -0.05) is 18.2 Å². The second-order valence-electron chi connectivity index (χ2n) is 7.64. The van der Waals surface area contributed by atoms with Crippen molar-refractivity contribution < 1.29 is 14.3 Å². The van der Waals surface area contributed by atoms with E-state index in [0.29, 0.717) is 33.8 Å². The van der Waals surface area contributed by atoms with E-state index >= 15 is 0 Å². The Balaban J connectivity index is 1.39. The Bertz CT molecular complexity index is 1430. The maximum absolute atomic E-state index is 13.1. The molecule has 2 amide bonds. The van der Waals surface area contributed by atoms with E-state index in [0.717, 1.165) is 0 Å². The number of carbonyl (C=O) groups is 2. The highest BCUT2D eigenvalue weighted by molar-refractivity contribution is 6.04. The first-order valence-corrected chi connectivity index (χ1v) is 10.3. The Morgan fingerprint density at radius 1 is 1.18 bits per heavy atom. The van der Waals surface area contributed by atoms with Crippen molar-refractivity contribution in [3.8, 4) is 11.4 Å². The van der Waals surface area contributed by atoms with Crippen LogP contribution in [0.1, 0.15) is 6.42 Å². The van der Waals surface area contributed by atoms with Gasteiger partial charge in [-0.05, 0) is 24.3 Å². The van der Waals surface area contributed by atoms with Crippen molar-refractivity contribution in [2.75, 3.05) is 23.9 Å². The molecule has 1 aliphatic heterocycles. The Hall–Kier alpha value is -4.47. The van der Waals surface area contributed by atoms with Gasteiger partial charge in [-0.15, -0.1) is 0 Å². The van der Waals surface area contributed by atoms with Crippen molar-refractivity contribution in [3.05, 3.63) is 71.4 Å². The summed E-state index contributed by atoms with van der Waals surface area (Å²) >= 11 is 0. The molecule has 1 unspecified atom stereocenters. The van der Waals surface area contributed by atoms with Gasteiger partial charge >= 0.3 is 0 Å². The van der Waals surface area contributed by atoms with Crippen LogP contribution in [0.5, 0.6) is 5.75 Å². The predicted octanol–water partition coefficient (Wildman–Crippen LogP) is 2.11. The Morgan fingerprint density at radius 2 is 2.03 bits per heavy atom. The zero-order chi connectivity index (χ0) is 22.9. The molecule has 3 heterocycles. The molecule has 33 heavy (non-hydrogen) atoms. The average Bonchev–Trinajstić information content (AvgIpc) is 3.44. The summed E-state index contributed by atoms with van der Waals surface area (Å²) in [5.41, 5.74) is 1.83. The minimum Gasteiger partial charge on any atom is -0.497 e. The van der Waals surface area contributed by atoms with Crippen LogP contribution in [0.25, 0.3) is 16.7 Å². The lowest BCUT2D eigenvalue weighted by Gasteiger charge is -2.18. The molecule has 0 saturated carbocycles. The summed E-state index contributed by atoms with van der Waals surface area (Å²) in [6, 6.07) is 14.3. The van der Waals surface area contributed by atoms with Gasteiger partial charge in [-0.25, -0.2) is 9.67 Å². The van der Waals surface area contributed by atoms with Gasteiger partial charge in [0.1, 0.15) is 11.1 Å². The van der Waals surface area contributed by atoms with Crippen LogP contribution in [0.15, 0.2) is 65.8 Å². The first kappa shape index (κ1) is 20.4. The number of anilines is 2. The van der Waals surface area contributed by atoms with Crippen molar-refractivity contribution in [1.82, 2.24) is 19.7 Å². The van der Waals surface area contributed by atoms with Crippen molar-refractivity contribution >= 4 is 34.2 Å². The van der Waals surface area contributed by atoms with E-state index in [4.69, 9.17) is 4.74 Å². The number of H-pyrrole nitrogens is 1. The molecule has 0 radical (unpaired) electrons. The molecule has 4 aromatic rings. The smallest absolute Gasteiger partial charge is 0.261 e. The Kier molecular flexibility index (Phi) is 5.09. The number of aromatic nitrogens is 4. The number of methoxy groups -OCH3 is 1. The second kappa shape index (κ2) is 8.23. The van der Waals surface area contributed by atoms with Crippen LogP contribution in [0.4, 0.5) is 11.4 Å². The lowest BCUT2D eigenvalue weighted by molar-refractivity contribution is -0.122. The van der Waals surface area contributed by atoms with E-state index in [1.54, 1.807) is 54.5 Å². The van der Waals surface area contributed by atoms with E-state index in [9.17, 15) is 14.4 Å². The van der Waals surface area contributed by atoms with Crippen LogP contribution in [0.3, 0.4) is 0 Å². The van der Waals surface area contributed by atoms with Gasteiger partial charge < -0.3 is 19.9 Å². The van der Waals surface area contributed by atoms with Crippen molar-refractivity contribution in [1.29, 1.82) is 0 Å². The maximum Gasteiger partial charge on any atom is 0.261 e. The topological polar surface area (TPSA) is 122 Å². The van der Waals surface area contributed by atoms with Crippen molar-refractivity contribution in [2.24, 2.45) is 5.92 Å². The average molecular weight is 444 g/mol. The van der Waals surface area contributed by atoms with Gasteiger partial charge in [0, 0.05) is 24.7 Å². The molecule has 2 aromatic heterocycles. The summed E-state index contributed by atoms with van der Waals surface area (Å²) in [7, 11) is 1.56. The van der Waals surface area contributed by atoms with Crippen LogP contribution < -0.4 is 20.5 Å². The third kappa shape index (κ3) is 3.71. The number of carbonyl (C=O) groups excluding carboxylic acids is 2. The number of hydrogen-bond donors (Lipinski definition) is 2. The van der Waals surface area contributed by atoms with Crippen LogP contribution >= 0.6 is 0 Å². The number of amides is 2. The SMILES string of the molecule is COc1cccc(N2CC(C(=O)Nc3ccccc3-n3ncc4c(=O)[nH]cnc43)CC2=O)c1. The van der Waals surface area contributed by atoms with Crippen LogP contribution in [0.2, 0.25) is 0 Å². The number of rotatable bonds is 5. The van der Waals surface area contributed by atoms with Gasteiger partial charge in [0.2, 0.25) is 11.8 Å². The highest BCUT2D eigenvalue weighted by Crippen LogP contribution is 2.29. The summed E-state index contributed by atoms with van der Waals surface area (Å²) in [4.78, 5) is 46.0. The lowest BCUT2D eigenvalue weighted by Crippen LogP contribution is -2.28.